The summed E-state index contributed by atoms with van der Waals surface area (Å²) in [5.41, 5.74) is -0.393. The third-order valence-electron chi connectivity index (χ3n) is 6.40. The highest BCUT2D eigenvalue weighted by Crippen LogP contribution is 2.50. The number of amides is 1. The van der Waals surface area contributed by atoms with E-state index in [0.717, 1.165) is 37.8 Å². The minimum atomic E-state index is -5.08. The van der Waals surface area contributed by atoms with Gasteiger partial charge in [-0.25, -0.2) is 4.79 Å². The van der Waals surface area contributed by atoms with Crippen LogP contribution in [-0.2, 0) is 9.59 Å². The van der Waals surface area contributed by atoms with Crippen LogP contribution >= 0.6 is 0 Å². The average molecular weight is 417 g/mol. The average Bonchev–Trinajstić information content (AvgIpc) is 3.17. The van der Waals surface area contributed by atoms with Crippen LogP contribution in [0.5, 0.6) is 0 Å². The fraction of sp³-hybridized carbons (Fsp3) is 0.850. The summed E-state index contributed by atoms with van der Waals surface area (Å²) in [4.78, 5) is 31.6. The van der Waals surface area contributed by atoms with E-state index in [1.807, 2.05) is 11.8 Å². The van der Waals surface area contributed by atoms with Crippen LogP contribution in [0.4, 0.5) is 13.2 Å². The Kier molecular flexibility index (Phi) is 6.00. The Morgan fingerprint density at radius 3 is 2.41 bits per heavy atom. The molecule has 0 radical (unpaired) electrons. The van der Waals surface area contributed by atoms with Crippen molar-refractivity contribution < 1.29 is 27.9 Å². The first-order chi connectivity index (χ1) is 13.4. The van der Waals surface area contributed by atoms with E-state index in [4.69, 9.17) is 14.9 Å². The molecule has 0 aromatic heterocycles. The molecule has 1 spiro atoms. The third kappa shape index (κ3) is 4.59. The zero-order valence-electron chi connectivity index (χ0n) is 17.2. The molecule has 2 aliphatic carbocycles. The normalized spacial score (nSPS) is 31.9. The third-order valence-corrected chi connectivity index (χ3v) is 6.40. The summed E-state index contributed by atoms with van der Waals surface area (Å²) in [6.07, 6.45) is -0.342. The van der Waals surface area contributed by atoms with Crippen LogP contribution in [0.1, 0.15) is 46.5 Å². The van der Waals surface area contributed by atoms with Gasteiger partial charge >= 0.3 is 12.1 Å². The SMILES string of the molecule is CC1=N[C@@]2(CC[C@@H]3CN(CC(C)C)C[C@@H]32)C(=O)N1CC1CC1.O=C(O)C(F)(F)F. The summed E-state index contributed by atoms with van der Waals surface area (Å²) in [5.74, 6) is 1.13. The molecule has 9 heteroatoms. The Morgan fingerprint density at radius 2 is 1.90 bits per heavy atom. The number of aliphatic carboxylic acids is 1. The van der Waals surface area contributed by atoms with Gasteiger partial charge < -0.3 is 10.0 Å². The number of likely N-dealkylation sites (tertiary alicyclic amines) is 1. The summed E-state index contributed by atoms with van der Waals surface area (Å²) < 4.78 is 31.7. The van der Waals surface area contributed by atoms with Gasteiger partial charge in [0, 0.05) is 32.1 Å². The lowest BCUT2D eigenvalue weighted by molar-refractivity contribution is -0.192. The largest absolute Gasteiger partial charge is 0.490 e. The van der Waals surface area contributed by atoms with Crippen LogP contribution in [0.3, 0.4) is 0 Å². The molecule has 164 valence electrons. The second-order valence-electron chi connectivity index (χ2n) is 9.26. The second-order valence-corrected chi connectivity index (χ2v) is 9.26. The molecule has 1 N–H and O–H groups in total. The Bertz CT molecular complexity index is 690. The number of carboxylic acid groups (broad SMARTS) is 1. The van der Waals surface area contributed by atoms with Crippen molar-refractivity contribution >= 4 is 17.7 Å². The quantitative estimate of drug-likeness (QED) is 0.763. The molecule has 4 rings (SSSR count). The lowest BCUT2D eigenvalue weighted by Crippen LogP contribution is -2.47. The van der Waals surface area contributed by atoms with Crippen molar-refractivity contribution in [2.45, 2.75) is 58.2 Å². The van der Waals surface area contributed by atoms with E-state index in [2.05, 4.69) is 18.7 Å². The summed E-state index contributed by atoms with van der Waals surface area (Å²) in [5, 5.41) is 7.12. The molecule has 6 nitrogen and oxygen atoms in total. The topological polar surface area (TPSA) is 73.2 Å². The van der Waals surface area contributed by atoms with Gasteiger partial charge in [0.2, 0.25) is 0 Å². The molecule has 0 aromatic rings. The highest BCUT2D eigenvalue weighted by atomic mass is 19.4. The summed E-state index contributed by atoms with van der Waals surface area (Å²) >= 11 is 0. The first-order valence-corrected chi connectivity index (χ1v) is 10.3. The standard InChI is InChI=1S/C18H29N3O.C2HF3O2/c1-12(2)8-20-10-15-6-7-18(16(15)11-20)17(22)21(13(3)19-18)9-14-4-5-14;3-2(4,5)1(6)7/h12,14-16H,4-11H2,1-3H3;(H,6,7)/t15-,16+,18-;/m1./s1. The number of hydrogen-bond acceptors (Lipinski definition) is 4. The Hall–Kier alpha value is -1.64. The zero-order valence-corrected chi connectivity index (χ0v) is 17.2. The predicted molar refractivity (Wildman–Crippen MR) is 101 cm³/mol. The number of carbonyl (C=O) groups is 2. The molecule has 0 bridgehead atoms. The molecule has 3 atom stereocenters. The van der Waals surface area contributed by atoms with Crippen molar-refractivity contribution in [3.05, 3.63) is 0 Å². The Labute approximate surface area is 169 Å². The van der Waals surface area contributed by atoms with E-state index in [9.17, 15) is 18.0 Å². The van der Waals surface area contributed by atoms with E-state index < -0.39 is 17.7 Å². The van der Waals surface area contributed by atoms with Gasteiger partial charge in [-0.1, -0.05) is 13.8 Å². The highest BCUT2D eigenvalue weighted by Gasteiger charge is 2.60. The number of carboxylic acids is 1. The maximum absolute atomic E-state index is 13.2. The molecule has 2 saturated carbocycles. The van der Waals surface area contributed by atoms with E-state index in [1.54, 1.807) is 0 Å². The van der Waals surface area contributed by atoms with Crippen molar-refractivity contribution in [2.24, 2.45) is 28.7 Å². The van der Waals surface area contributed by atoms with Crippen LogP contribution in [0.2, 0.25) is 0 Å². The maximum atomic E-state index is 13.2. The van der Waals surface area contributed by atoms with Crippen molar-refractivity contribution in [2.75, 3.05) is 26.2 Å². The molecule has 2 aliphatic heterocycles. The molecule has 0 unspecified atom stereocenters. The molecule has 0 aromatic carbocycles. The van der Waals surface area contributed by atoms with Crippen molar-refractivity contribution in [1.29, 1.82) is 0 Å². The van der Waals surface area contributed by atoms with Gasteiger partial charge in [-0.15, -0.1) is 0 Å². The van der Waals surface area contributed by atoms with Gasteiger partial charge in [0.25, 0.3) is 5.91 Å². The Balaban J connectivity index is 0.000000298. The van der Waals surface area contributed by atoms with Gasteiger partial charge in [0.05, 0.1) is 0 Å². The molecular weight excluding hydrogens is 387 g/mol. The van der Waals surface area contributed by atoms with Crippen LogP contribution in [0, 0.1) is 23.7 Å². The Morgan fingerprint density at radius 1 is 1.28 bits per heavy atom. The number of nitrogens with zero attached hydrogens (tertiary/aromatic N) is 3. The van der Waals surface area contributed by atoms with Crippen LogP contribution in [0.15, 0.2) is 4.99 Å². The van der Waals surface area contributed by atoms with Crippen LogP contribution < -0.4 is 0 Å². The fourth-order valence-corrected chi connectivity index (χ4v) is 5.01. The molecule has 1 amide bonds. The summed E-state index contributed by atoms with van der Waals surface area (Å²) in [7, 11) is 0. The second kappa shape index (κ2) is 7.89. The number of alkyl halides is 3. The van der Waals surface area contributed by atoms with Gasteiger partial charge in [0.15, 0.2) is 0 Å². The lowest BCUT2D eigenvalue weighted by atomic mass is 9.85. The first kappa shape index (κ1) is 22.1. The monoisotopic (exact) mass is 417 g/mol. The number of aliphatic imine (C=N–C) groups is 1. The minimum Gasteiger partial charge on any atom is -0.475 e. The van der Waals surface area contributed by atoms with Crippen molar-refractivity contribution in [3.8, 4) is 0 Å². The summed E-state index contributed by atoms with van der Waals surface area (Å²) in [6.45, 7) is 10.9. The number of hydrogen-bond donors (Lipinski definition) is 1. The lowest BCUT2D eigenvalue weighted by Gasteiger charge is -2.28. The molecule has 2 heterocycles. The number of halogens is 3. The van der Waals surface area contributed by atoms with E-state index >= 15 is 0 Å². The molecule has 4 aliphatic rings. The minimum absolute atomic E-state index is 0.329. The van der Waals surface area contributed by atoms with E-state index in [1.165, 1.54) is 25.8 Å². The number of rotatable bonds is 4. The van der Waals surface area contributed by atoms with E-state index in [0.29, 0.717) is 23.7 Å². The number of fused-ring (bicyclic) bond motifs is 2. The van der Waals surface area contributed by atoms with Crippen LogP contribution in [-0.4, -0.2) is 70.5 Å². The van der Waals surface area contributed by atoms with E-state index in [-0.39, 0.29) is 0 Å². The van der Waals surface area contributed by atoms with Crippen LogP contribution in [0.25, 0.3) is 0 Å². The highest BCUT2D eigenvalue weighted by molar-refractivity contribution is 6.07. The smallest absolute Gasteiger partial charge is 0.475 e. The molecule has 3 fully saturated rings. The zero-order chi connectivity index (χ0) is 21.6. The number of amidine groups is 1. The number of carbonyl (C=O) groups excluding carboxylic acids is 1. The molecule has 1 saturated heterocycles. The van der Waals surface area contributed by atoms with Crippen molar-refractivity contribution in [1.82, 2.24) is 9.80 Å². The first-order valence-electron chi connectivity index (χ1n) is 10.3. The van der Waals surface area contributed by atoms with Gasteiger partial charge in [-0.3, -0.25) is 14.7 Å². The summed E-state index contributed by atoms with van der Waals surface area (Å²) in [6, 6.07) is 0. The van der Waals surface area contributed by atoms with Gasteiger partial charge in [-0.05, 0) is 50.4 Å². The van der Waals surface area contributed by atoms with Gasteiger partial charge in [-0.2, -0.15) is 13.2 Å². The molecular formula is C20H30F3N3O3. The fourth-order valence-electron chi connectivity index (χ4n) is 5.01. The van der Waals surface area contributed by atoms with Gasteiger partial charge in [0.1, 0.15) is 11.4 Å². The molecule has 29 heavy (non-hydrogen) atoms. The van der Waals surface area contributed by atoms with Crippen molar-refractivity contribution in [3.63, 3.8) is 0 Å². The predicted octanol–water partition coefficient (Wildman–Crippen LogP) is 3.03. The maximum Gasteiger partial charge on any atom is 0.490 e.